The second kappa shape index (κ2) is 64.2. The maximum atomic E-state index is 13.5. The van der Waals surface area contributed by atoms with E-state index in [0.29, 0.717) is 63.7 Å². The van der Waals surface area contributed by atoms with E-state index in [1.807, 2.05) is 37.0 Å². The Balaban J connectivity index is 0.00000251. The fourth-order valence-electron chi connectivity index (χ4n) is 14.7. The molecule has 12 rings (SSSR count). The van der Waals surface area contributed by atoms with Crippen molar-refractivity contribution in [1.29, 1.82) is 0 Å². The molecule has 0 saturated heterocycles. The van der Waals surface area contributed by atoms with Gasteiger partial charge in [0.2, 0.25) is 23.3 Å². The number of halogens is 2. The Kier molecular flexibility index (Phi) is 58.6. The number of rotatable bonds is 42. The van der Waals surface area contributed by atoms with Crippen LogP contribution in [0.1, 0.15) is 226 Å². The summed E-state index contributed by atoms with van der Waals surface area (Å²) in [5.41, 5.74) is 35.4. The molecule has 2 unspecified atom stereocenters. The van der Waals surface area contributed by atoms with Crippen molar-refractivity contribution in [3.63, 3.8) is 0 Å². The largest absolute Gasteiger partial charge is 4.00 e. The normalized spacial score (nSPS) is 10.6. The summed E-state index contributed by atoms with van der Waals surface area (Å²) < 4.78 is 18.8. The molecular weight excluding hydrogens is 2480 g/mol. The molecule has 0 bridgehead atoms. The summed E-state index contributed by atoms with van der Waals surface area (Å²) in [6.07, 6.45) is 26.4. The van der Waals surface area contributed by atoms with E-state index < -0.39 is 53.2 Å². The molecule has 12 aromatic rings. The molecule has 7 amide bonds. The number of carbonyl (C=O) groups excluding carboxylic acids is 14. The van der Waals surface area contributed by atoms with Crippen LogP contribution in [0.3, 0.4) is 0 Å². The van der Waals surface area contributed by atoms with Gasteiger partial charge in [-0.2, -0.15) is 13.1 Å². The molecule has 0 saturated carbocycles. The third-order valence-electron chi connectivity index (χ3n) is 21.6. The van der Waals surface area contributed by atoms with Crippen LogP contribution in [0.5, 0.6) is 0 Å². The topological polar surface area (TPSA) is 756 Å². The van der Waals surface area contributed by atoms with Gasteiger partial charge in [0, 0.05) is 229 Å². The van der Waals surface area contributed by atoms with Crippen LogP contribution >= 0.6 is 18.8 Å². The molecule has 806 valence electrons. The van der Waals surface area contributed by atoms with Gasteiger partial charge in [-0.25, -0.2) is 29.9 Å². The number of Topliss-reactive ketones (excluding diaryl/α,β-unsaturated/α-hetero) is 7. The number of ketones is 7. The molecule has 0 fully saturated rings. The van der Waals surface area contributed by atoms with Crippen LogP contribution in [0.25, 0.3) is 59.8 Å². The Morgan fingerprint density at radius 2 is 0.678 bits per heavy atom. The second-order valence-electron chi connectivity index (χ2n) is 32.8. The summed E-state index contributed by atoms with van der Waals surface area (Å²) in [5, 5.41) is 18.2. The van der Waals surface area contributed by atoms with Gasteiger partial charge in [-0.3, -0.25) is 67.1 Å². The molecule has 0 radical (unpaired) electrons. The molecule has 0 aliphatic heterocycles. The van der Waals surface area contributed by atoms with Crippen LogP contribution < -0.4 is 37.2 Å². The van der Waals surface area contributed by atoms with Crippen molar-refractivity contribution in [3.8, 4) is 0 Å². The predicted octanol–water partition coefficient (Wildman–Crippen LogP) is 15.0. The molecule has 146 heavy (non-hydrogen) atoms. The Morgan fingerprint density at radius 3 is 1.01 bits per heavy atom. The Morgan fingerprint density at radius 1 is 0.349 bits per heavy atom. The summed E-state index contributed by atoms with van der Waals surface area (Å²) in [7, 11) is 29.3. The van der Waals surface area contributed by atoms with Crippen molar-refractivity contribution >= 4 is 124 Å². The Bertz CT molecular complexity index is 6370. The molecule has 54 heteroatoms. The van der Waals surface area contributed by atoms with Crippen LogP contribution in [-0.2, 0) is 191 Å². The van der Waals surface area contributed by atoms with E-state index in [4.69, 9.17) is 22.9 Å². The van der Waals surface area contributed by atoms with Gasteiger partial charge < -0.3 is 152 Å². The number of hydrogen-bond acceptors (Lipinski definition) is 20. The zero-order chi connectivity index (χ0) is 103. The molecule has 23 N–H and O–H groups in total. The zero-order valence-corrected chi connectivity index (χ0v) is 92.2. The molecule has 0 aliphatic carbocycles. The monoisotopic (exact) mass is 2600 g/mol. The number of nitrogens with one attached hydrogen (secondary N) is 11. The van der Waals surface area contributed by atoms with Gasteiger partial charge in [-0.05, 0) is 89.0 Å². The van der Waals surface area contributed by atoms with E-state index in [0.717, 1.165) is 17.5 Å². The minimum Gasteiger partial charge on any atom is -0.693 e. The van der Waals surface area contributed by atoms with E-state index in [-0.39, 0.29) is 253 Å². The fraction of sp³-hybridized carbons (Fsp3) is 0.391. The SMILES string of the molecule is CC(CCNC(=O)c1nc(NC(=O)c2nc(NC(=O)c3ncc(C(=O)NC[NH-])n3C)cn2C)cn1C)C(=O)Cc1cc(C(=O)Cc2cc(C(=O)Cc3ccn(C)c3)n(C)c2)n(C)c1.CCC.CCC[NH-].Cn1cc(CC(=O)c2cc(CC(=O)c3cc(CC(=O)C(CC[NH-])CCNC(=O)c4nc(NC(=O)c5nc(NC(=O)c6nccn6C)cn5C)cn4C)cn3C)cn2C)cc1C(=O)CC[NH-].[Cl][Pt].[Cl][Pt].[NH2-].[NH2-].[NH2-].[NH2-].[NH2-].[NH2-].[Pt+4]. The first-order valence-corrected chi connectivity index (χ1v) is 49.5. The van der Waals surface area contributed by atoms with Crippen LogP contribution in [0.4, 0.5) is 23.3 Å². The van der Waals surface area contributed by atoms with Crippen molar-refractivity contribution in [1.82, 2.24) is 101 Å². The van der Waals surface area contributed by atoms with Gasteiger partial charge in [0.1, 0.15) is 17.3 Å². The smallest absolute Gasteiger partial charge is 0.693 e. The van der Waals surface area contributed by atoms with Gasteiger partial charge in [0.05, 0.1) is 34.7 Å². The first-order valence-electron chi connectivity index (χ1n) is 43.8. The Hall–Kier alpha value is -12.8. The van der Waals surface area contributed by atoms with Crippen molar-refractivity contribution in [2.45, 2.75) is 105 Å². The van der Waals surface area contributed by atoms with E-state index in [1.165, 1.54) is 73.5 Å². The van der Waals surface area contributed by atoms with E-state index in [1.54, 1.807) is 210 Å². The number of hydrogen-bond donors (Lipinski definition) is 7. The van der Waals surface area contributed by atoms with Crippen LogP contribution in [0, 0.1) is 11.8 Å². The average molecular weight is 2610 g/mol. The number of nitrogens with two attached hydrogens (primary N) is 6. The Labute approximate surface area is 891 Å². The van der Waals surface area contributed by atoms with E-state index >= 15 is 0 Å². The first kappa shape index (κ1) is 133. The summed E-state index contributed by atoms with van der Waals surface area (Å²) in [4.78, 5) is 207. The van der Waals surface area contributed by atoms with Gasteiger partial charge in [0.25, 0.3) is 41.4 Å². The molecular formula is C92H129Cl2N35O14Pt3-6. The number of anilines is 4. The van der Waals surface area contributed by atoms with Gasteiger partial charge in [-0.1, -0.05) is 53.6 Å². The molecule has 0 aromatic carbocycles. The maximum Gasteiger partial charge on any atom is 4.00 e. The zero-order valence-electron chi connectivity index (χ0n) is 83.9. The average Bonchev–Trinajstić information content (AvgIpc) is 1.68. The number of amides is 7. The quantitative estimate of drug-likeness (QED) is 0.0175. The van der Waals surface area contributed by atoms with Crippen molar-refractivity contribution < 1.29 is 126 Å². The predicted molar refractivity (Wildman–Crippen MR) is 547 cm³/mol. The molecule has 0 spiro atoms. The maximum absolute atomic E-state index is 13.5. The molecule has 12 heterocycles. The minimum atomic E-state index is -0.685. The van der Waals surface area contributed by atoms with Crippen molar-refractivity contribution in [3.05, 3.63) is 285 Å². The van der Waals surface area contributed by atoms with Crippen LogP contribution in [-0.4, -0.2) is 206 Å². The second-order valence-corrected chi connectivity index (χ2v) is 32.8. The number of carbonyl (C=O) groups is 14. The van der Waals surface area contributed by atoms with Crippen molar-refractivity contribution in [2.24, 2.45) is 96.4 Å². The molecule has 49 nitrogen and oxygen atoms in total. The number of aromatic nitrogens is 18. The standard InChI is InChI=1S/C44H52N14O7.C42H49N14O7.C3H8N.C3H8.2ClH.6H2N.3Pt/c1-53-14-13-47-39(53)43(64)51-38-25-58(6)41(50-38)44(65)52-37-24-57(5)40(49-37)42(63)48-12-9-29(7-10-45)34(60)18-26-16-31(55(3)21-26)36(62)20-28-17-32(56(4)23-28)35(61)19-27-15-30(54(2)22-27)33(59)8-11-46;1-24(31(57)15-26-12-29(52(3)19-26)33(59)16-27-13-28(53(4)20-27)32(58)14-25-9-11-51(2)18-25)8-10-44-40(61)37-47-34(21-54(37)5)50-42(63)38-48-35(22-55(38)6)49-41(62)36-45-17-30(56(36)7)39(60)46-23-43;1-2-3-4;1-3-2;;;;;;;;;;;/h13-17,21-25,29,45-46H,7-12,18-20H2,1-6H3,(H,48,63)(H,51,64)(H,52,65);9,11-13,17-22,24,43H,8,10,14-16,23H2,1-7H3,(H,44,61)(H,46,60)(H,49,62)(H,50,63);4H,2-3H2,1H3;3H2,1-2H3;2*1H;6*1H2;;;/q-2;2*-1;;;;6*-1;2*+1;+4/p-2. The molecule has 12 aromatic heterocycles. The minimum absolute atomic E-state index is 0. The number of aryl methyl sites for hydroxylation is 11. The number of imidazole rings is 6. The third kappa shape index (κ3) is 37.0. The van der Waals surface area contributed by atoms with E-state index in [9.17, 15) is 67.1 Å². The summed E-state index contributed by atoms with van der Waals surface area (Å²) in [6, 6.07) is 10.4. The summed E-state index contributed by atoms with van der Waals surface area (Å²) in [6.45, 7) is 8.52. The fourth-order valence-corrected chi connectivity index (χ4v) is 14.7. The van der Waals surface area contributed by atoms with E-state index in [2.05, 4.69) is 99.8 Å². The molecule has 0 aliphatic rings. The summed E-state index contributed by atoms with van der Waals surface area (Å²) in [5.74, 6) is -5.66. The van der Waals surface area contributed by atoms with Gasteiger partial charge >= 0.3 is 77.4 Å². The summed E-state index contributed by atoms with van der Waals surface area (Å²) >= 11 is 3.22. The van der Waals surface area contributed by atoms with Gasteiger partial charge in [-0.15, -0.1) is 6.54 Å². The van der Waals surface area contributed by atoms with Crippen molar-refractivity contribution in [2.75, 3.05) is 60.7 Å². The van der Waals surface area contributed by atoms with Crippen LogP contribution in [0.15, 0.2) is 123 Å². The third-order valence-corrected chi connectivity index (χ3v) is 21.6. The number of nitrogens with zero attached hydrogens (tertiary/aromatic N) is 18. The molecule has 2 atom stereocenters. The first-order chi connectivity index (χ1) is 66.2. The van der Waals surface area contributed by atoms with Gasteiger partial charge in [0.15, 0.2) is 63.8 Å². The van der Waals surface area contributed by atoms with Crippen LogP contribution in [0.2, 0.25) is 0 Å².